The molecule has 9 nitrogen and oxygen atoms in total. The van der Waals surface area contributed by atoms with E-state index >= 15 is 0 Å². The van der Waals surface area contributed by atoms with E-state index in [-0.39, 0.29) is 35.3 Å². The largest absolute Gasteiger partial charge is 0.353 e. The van der Waals surface area contributed by atoms with Crippen molar-refractivity contribution in [3.63, 3.8) is 0 Å². The number of anilines is 1. The number of nitrogens with zero attached hydrogens (tertiary/aromatic N) is 6. The molecule has 1 N–H and O–H groups in total. The summed E-state index contributed by atoms with van der Waals surface area (Å²) in [5.74, 6) is 1.03. The van der Waals surface area contributed by atoms with Crippen LogP contribution < -0.4 is 10.2 Å². The molecule has 2 aliphatic rings. The van der Waals surface area contributed by atoms with E-state index in [1.165, 1.54) is 22.9 Å². The first kappa shape index (κ1) is 32.1. The lowest BCUT2D eigenvalue weighted by molar-refractivity contribution is -0.130. The maximum atomic E-state index is 13.2. The van der Waals surface area contributed by atoms with Crippen LogP contribution in [0.1, 0.15) is 44.9 Å². The number of thioether (sulfide) groups is 1. The van der Waals surface area contributed by atoms with E-state index in [1.807, 2.05) is 49.6 Å². The molecule has 234 valence electrons. The summed E-state index contributed by atoms with van der Waals surface area (Å²) in [6.07, 6.45) is 0. The van der Waals surface area contributed by atoms with Gasteiger partial charge in [0, 0.05) is 63.5 Å². The highest BCUT2D eigenvalue weighted by Gasteiger charge is 2.31. The molecule has 2 fully saturated rings. The molecule has 1 unspecified atom stereocenters. The number of carbonyl (C=O) groups excluding carboxylic acids is 2. The van der Waals surface area contributed by atoms with E-state index in [9.17, 15) is 9.59 Å². The molecule has 3 aromatic rings. The summed E-state index contributed by atoms with van der Waals surface area (Å²) in [5, 5.41) is 3.87. The number of piperazine rings is 2. The first-order chi connectivity index (χ1) is 21.1. The highest BCUT2D eigenvalue weighted by atomic mass is 35.5. The summed E-state index contributed by atoms with van der Waals surface area (Å²) in [4.78, 5) is 43.5. The Labute approximate surface area is 270 Å². The number of benzene rings is 2. The van der Waals surface area contributed by atoms with Crippen LogP contribution in [-0.4, -0.2) is 99.8 Å². The van der Waals surface area contributed by atoms with Gasteiger partial charge in [0.05, 0.1) is 11.8 Å². The van der Waals surface area contributed by atoms with Gasteiger partial charge in [-0.25, -0.2) is 14.8 Å². The number of halogens is 1. The highest BCUT2D eigenvalue weighted by Crippen LogP contribution is 2.30. The molecule has 3 heterocycles. The lowest BCUT2D eigenvalue weighted by Crippen LogP contribution is -2.59. The Kier molecular flexibility index (Phi) is 10.3. The van der Waals surface area contributed by atoms with Gasteiger partial charge in [-0.1, -0.05) is 84.0 Å². The molecule has 1 aromatic heterocycles. The molecule has 44 heavy (non-hydrogen) atoms. The fraction of sp³-hybridized carbons (Fsp3) is 0.455. The molecule has 3 amide bonds. The predicted octanol–water partition coefficient (Wildman–Crippen LogP) is 5.17. The standard InChI is InChI=1S/C33H42ClN7O2S/c1-24-22-40(19-20-41(24)32(43)37-33(2,3)4)28-21-27(34)35-31(36-28)44-23-29(42)38-15-17-39(18-16-38)30(25-11-7-5-8-12-25)26-13-9-6-10-14-26/h5-14,21,24,30H,15-20,22-23H2,1-4H3,(H,37,43). The molecule has 0 saturated carbocycles. The van der Waals surface area contributed by atoms with Crippen LogP contribution in [0, 0.1) is 0 Å². The Balaban J connectivity index is 1.16. The third kappa shape index (κ3) is 8.22. The zero-order chi connectivity index (χ0) is 31.3. The topological polar surface area (TPSA) is 84.9 Å². The third-order valence-corrected chi connectivity index (χ3v) is 8.97. The van der Waals surface area contributed by atoms with E-state index in [1.54, 1.807) is 6.07 Å². The van der Waals surface area contributed by atoms with Crippen LogP contribution in [0.5, 0.6) is 0 Å². The van der Waals surface area contributed by atoms with Crippen LogP contribution in [0.3, 0.4) is 0 Å². The second kappa shape index (κ2) is 14.2. The van der Waals surface area contributed by atoms with E-state index in [0.29, 0.717) is 48.9 Å². The van der Waals surface area contributed by atoms with Crippen molar-refractivity contribution in [3.8, 4) is 0 Å². The van der Waals surface area contributed by atoms with Crippen molar-refractivity contribution in [2.75, 3.05) is 56.5 Å². The van der Waals surface area contributed by atoms with Gasteiger partial charge in [0.25, 0.3) is 0 Å². The van der Waals surface area contributed by atoms with Crippen molar-refractivity contribution in [2.45, 2.75) is 50.5 Å². The third-order valence-electron chi connectivity index (χ3n) is 7.94. The van der Waals surface area contributed by atoms with Gasteiger partial charge in [0.15, 0.2) is 5.16 Å². The number of rotatable bonds is 7. The van der Waals surface area contributed by atoms with Crippen LogP contribution in [0.15, 0.2) is 71.9 Å². The minimum Gasteiger partial charge on any atom is -0.353 e. The Morgan fingerprint density at radius 1 is 0.932 bits per heavy atom. The second-order valence-electron chi connectivity index (χ2n) is 12.4. The maximum Gasteiger partial charge on any atom is 0.318 e. The average molecular weight is 636 g/mol. The van der Waals surface area contributed by atoms with Crippen molar-refractivity contribution in [1.29, 1.82) is 0 Å². The SMILES string of the molecule is CC1CN(c2cc(Cl)nc(SCC(=O)N3CCN(C(c4ccccc4)c4ccccc4)CC3)n2)CCN1C(=O)NC(C)(C)C. The molecule has 2 aliphatic heterocycles. The maximum absolute atomic E-state index is 13.2. The minimum atomic E-state index is -0.294. The fourth-order valence-corrected chi connectivity index (χ4v) is 6.79. The van der Waals surface area contributed by atoms with Crippen LogP contribution in [0.2, 0.25) is 5.15 Å². The summed E-state index contributed by atoms with van der Waals surface area (Å²) in [6.45, 7) is 12.7. The molecule has 0 radical (unpaired) electrons. The number of urea groups is 1. The van der Waals surface area contributed by atoms with Gasteiger partial charge >= 0.3 is 6.03 Å². The molecule has 2 aromatic carbocycles. The normalized spacial score (nSPS) is 18.0. The molecule has 0 bridgehead atoms. The van der Waals surface area contributed by atoms with Crippen molar-refractivity contribution in [2.24, 2.45) is 0 Å². The van der Waals surface area contributed by atoms with Gasteiger partial charge in [0.1, 0.15) is 11.0 Å². The summed E-state index contributed by atoms with van der Waals surface area (Å²) in [5.41, 5.74) is 2.22. The number of nitrogens with one attached hydrogen (secondary N) is 1. The van der Waals surface area contributed by atoms with Gasteiger partial charge in [-0.05, 0) is 38.8 Å². The van der Waals surface area contributed by atoms with E-state index in [0.717, 1.165) is 13.1 Å². The van der Waals surface area contributed by atoms with Crippen molar-refractivity contribution < 1.29 is 9.59 Å². The van der Waals surface area contributed by atoms with Crippen molar-refractivity contribution in [1.82, 2.24) is 30.0 Å². The zero-order valence-corrected chi connectivity index (χ0v) is 27.5. The minimum absolute atomic E-state index is 0.000400. The highest BCUT2D eigenvalue weighted by molar-refractivity contribution is 7.99. The van der Waals surface area contributed by atoms with Gasteiger partial charge < -0.3 is 20.0 Å². The number of aromatic nitrogens is 2. The zero-order valence-electron chi connectivity index (χ0n) is 25.9. The van der Waals surface area contributed by atoms with Crippen LogP contribution >= 0.6 is 23.4 Å². The van der Waals surface area contributed by atoms with Gasteiger partial charge in [-0.2, -0.15) is 0 Å². The lowest BCUT2D eigenvalue weighted by Gasteiger charge is -2.41. The quantitative estimate of drug-likeness (QED) is 0.218. The molecule has 5 rings (SSSR count). The number of amides is 3. The predicted molar refractivity (Wildman–Crippen MR) is 177 cm³/mol. The van der Waals surface area contributed by atoms with Gasteiger partial charge in [-0.15, -0.1) is 0 Å². The smallest absolute Gasteiger partial charge is 0.318 e. The number of carbonyl (C=O) groups is 2. The fourth-order valence-electron chi connectivity index (χ4n) is 5.80. The Morgan fingerprint density at radius 2 is 1.55 bits per heavy atom. The number of hydrogen-bond acceptors (Lipinski definition) is 7. The van der Waals surface area contributed by atoms with Gasteiger partial charge in [0.2, 0.25) is 5.91 Å². The number of hydrogen-bond donors (Lipinski definition) is 1. The first-order valence-electron chi connectivity index (χ1n) is 15.2. The van der Waals surface area contributed by atoms with Crippen LogP contribution in [-0.2, 0) is 4.79 Å². The summed E-state index contributed by atoms with van der Waals surface area (Å²) in [6, 6.07) is 23.0. The first-order valence-corrected chi connectivity index (χ1v) is 16.6. The van der Waals surface area contributed by atoms with Gasteiger partial charge in [-0.3, -0.25) is 9.69 Å². The lowest BCUT2D eigenvalue weighted by atomic mass is 9.96. The Bertz CT molecular complexity index is 1380. The summed E-state index contributed by atoms with van der Waals surface area (Å²) < 4.78 is 0. The average Bonchev–Trinajstić information content (AvgIpc) is 3.00. The van der Waals surface area contributed by atoms with E-state index in [2.05, 4.69) is 68.6 Å². The van der Waals surface area contributed by atoms with E-state index in [4.69, 9.17) is 16.6 Å². The van der Waals surface area contributed by atoms with E-state index < -0.39 is 0 Å². The van der Waals surface area contributed by atoms with Crippen molar-refractivity contribution in [3.05, 3.63) is 83.0 Å². The van der Waals surface area contributed by atoms with Crippen LogP contribution in [0.25, 0.3) is 0 Å². The molecule has 0 spiro atoms. The molecular weight excluding hydrogens is 594 g/mol. The Hall–Kier alpha value is -3.34. The molecule has 2 saturated heterocycles. The molecule has 0 aliphatic carbocycles. The summed E-state index contributed by atoms with van der Waals surface area (Å²) >= 11 is 7.72. The Morgan fingerprint density at radius 3 is 2.11 bits per heavy atom. The monoisotopic (exact) mass is 635 g/mol. The van der Waals surface area contributed by atoms with Crippen molar-refractivity contribution >= 4 is 41.1 Å². The molecule has 1 atom stereocenters. The molecular formula is C33H42ClN7O2S. The molecule has 11 heteroatoms. The second-order valence-corrected chi connectivity index (χ2v) is 13.8. The summed E-state index contributed by atoms with van der Waals surface area (Å²) in [7, 11) is 0. The van der Waals surface area contributed by atoms with Crippen LogP contribution in [0.4, 0.5) is 10.6 Å².